The van der Waals surface area contributed by atoms with Gasteiger partial charge in [-0.05, 0) is 50.1 Å². The van der Waals surface area contributed by atoms with Gasteiger partial charge in [-0.2, -0.15) is 0 Å². The number of amides is 2. The van der Waals surface area contributed by atoms with Crippen molar-refractivity contribution in [3.05, 3.63) is 59.7 Å². The Morgan fingerprint density at radius 2 is 1.82 bits per heavy atom. The molecule has 0 spiro atoms. The van der Waals surface area contributed by atoms with E-state index in [0.29, 0.717) is 11.3 Å². The summed E-state index contributed by atoms with van der Waals surface area (Å²) in [7, 11) is -7.27. The molecule has 3 N–H and O–H groups in total. The summed E-state index contributed by atoms with van der Waals surface area (Å²) in [5, 5.41) is 5.51. The molecule has 1 saturated heterocycles. The molecule has 33 heavy (non-hydrogen) atoms. The van der Waals surface area contributed by atoms with Crippen molar-refractivity contribution in [1.82, 2.24) is 10.0 Å². The molecule has 1 heterocycles. The standard InChI is InChI=1S/C22H27N3O6S2/c1-3-15(2)23-22(27)19-9-4-5-10-20(19)24-21(26)16-7-6-8-18(13-16)33(30,31)25-17-11-12-32(28,29)14-17/h4-10,13,15,17,25H,3,11-12,14H2,1-2H3,(H,23,27)(H,24,26). The van der Waals surface area contributed by atoms with Crippen LogP contribution in [0.2, 0.25) is 0 Å². The molecule has 1 fully saturated rings. The Labute approximate surface area is 193 Å². The Bertz CT molecular complexity index is 1260. The fourth-order valence-corrected chi connectivity index (χ4v) is 6.46. The van der Waals surface area contributed by atoms with Gasteiger partial charge in [0.2, 0.25) is 10.0 Å². The molecular formula is C22H27N3O6S2. The third kappa shape index (κ3) is 6.40. The summed E-state index contributed by atoms with van der Waals surface area (Å²) >= 11 is 0. The molecule has 0 bridgehead atoms. The third-order valence-corrected chi connectivity index (χ3v) is 8.66. The lowest BCUT2D eigenvalue weighted by Gasteiger charge is -2.15. The van der Waals surface area contributed by atoms with Crippen LogP contribution in [-0.4, -0.2) is 52.2 Å². The van der Waals surface area contributed by atoms with Gasteiger partial charge in [0.25, 0.3) is 11.8 Å². The number of para-hydroxylation sites is 1. The number of benzene rings is 2. The van der Waals surface area contributed by atoms with Crippen molar-refractivity contribution in [2.45, 2.75) is 43.7 Å². The van der Waals surface area contributed by atoms with Crippen LogP contribution >= 0.6 is 0 Å². The number of nitrogens with one attached hydrogen (secondary N) is 3. The van der Waals surface area contributed by atoms with Crippen molar-refractivity contribution in [1.29, 1.82) is 0 Å². The molecule has 1 aliphatic rings. The predicted molar refractivity (Wildman–Crippen MR) is 125 cm³/mol. The monoisotopic (exact) mass is 493 g/mol. The molecule has 0 radical (unpaired) electrons. The number of hydrogen-bond donors (Lipinski definition) is 3. The topological polar surface area (TPSA) is 139 Å². The van der Waals surface area contributed by atoms with Gasteiger partial charge in [0.05, 0.1) is 27.7 Å². The number of anilines is 1. The number of carbonyl (C=O) groups excluding carboxylic acids is 2. The molecule has 2 unspecified atom stereocenters. The molecule has 2 aromatic rings. The Morgan fingerprint density at radius 1 is 1.09 bits per heavy atom. The molecule has 11 heteroatoms. The van der Waals surface area contributed by atoms with Crippen LogP contribution in [0.25, 0.3) is 0 Å². The normalized spacial score (nSPS) is 18.4. The maximum absolute atomic E-state index is 12.8. The number of carbonyl (C=O) groups is 2. The lowest BCUT2D eigenvalue weighted by Crippen LogP contribution is -2.35. The van der Waals surface area contributed by atoms with Gasteiger partial charge in [0, 0.05) is 17.6 Å². The highest BCUT2D eigenvalue weighted by molar-refractivity contribution is 7.92. The largest absolute Gasteiger partial charge is 0.350 e. The zero-order valence-corrected chi connectivity index (χ0v) is 20.0. The zero-order valence-electron chi connectivity index (χ0n) is 18.4. The summed E-state index contributed by atoms with van der Waals surface area (Å²) in [5.74, 6) is -1.22. The molecule has 9 nitrogen and oxygen atoms in total. The van der Waals surface area contributed by atoms with E-state index in [1.54, 1.807) is 24.3 Å². The molecule has 3 rings (SSSR count). The van der Waals surface area contributed by atoms with Crippen LogP contribution in [0, 0.1) is 0 Å². The van der Waals surface area contributed by atoms with Gasteiger partial charge in [-0.3, -0.25) is 9.59 Å². The average Bonchev–Trinajstić information content (AvgIpc) is 3.11. The van der Waals surface area contributed by atoms with Crippen LogP contribution in [0.3, 0.4) is 0 Å². The number of rotatable bonds is 8. The van der Waals surface area contributed by atoms with Gasteiger partial charge in [-0.25, -0.2) is 21.6 Å². The molecule has 0 aliphatic carbocycles. The molecule has 0 aromatic heterocycles. The Kier molecular flexibility index (Phi) is 7.55. The Balaban J connectivity index is 1.78. The highest BCUT2D eigenvalue weighted by Crippen LogP contribution is 2.20. The van der Waals surface area contributed by atoms with Crippen molar-refractivity contribution in [2.24, 2.45) is 0 Å². The Morgan fingerprint density at radius 3 is 2.48 bits per heavy atom. The minimum Gasteiger partial charge on any atom is -0.350 e. The van der Waals surface area contributed by atoms with Gasteiger partial charge in [0.15, 0.2) is 9.84 Å². The summed E-state index contributed by atoms with van der Waals surface area (Å²) < 4.78 is 51.1. The van der Waals surface area contributed by atoms with Crippen molar-refractivity contribution in [3.63, 3.8) is 0 Å². The Hall–Kier alpha value is -2.76. The van der Waals surface area contributed by atoms with Gasteiger partial charge < -0.3 is 10.6 Å². The highest BCUT2D eigenvalue weighted by Gasteiger charge is 2.31. The van der Waals surface area contributed by atoms with Crippen molar-refractivity contribution >= 4 is 37.4 Å². The zero-order chi connectivity index (χ0) is 24.2. The van der Waals surface area contributed by atoms with Crippen LogP contribution in [0.1, 0.15) is 47.4 Å². The van der Waals surface area contributed by atoms with E-state index in [1.165, 1.54) is 24.3 Å². The molecular weight excluding hydrogens is 466 g/mol. The summed E-state index contributed by atoms with van der Waals surface area (Å²) in [4.78, 5) is 25.2. The van der Waals surface area contributed by atoms with Gasteiger partial charge in [-0.1, -0.05) is 25.1 Å². The van der Waals surface area contributed by atoms with E-state index in [-0.39, 0.29) is 40.3 Å². The SMILES string of the molecule is CCC(C)NC(=O)c1ccccc1NC(=O)c1cccc(S(=O)(=O)NC2CCS(=O)(=O)C2)c1. The first-order valence-corrected chi connectivity index (χ1v) is 13.9. The van der Waals surface area contributed by atoms with Crippen molar-refractivity contribution in [2.75, 3.05) is 16.8 Å². The van der Waals surface area contributed by atoms with E-state index in [1.807, 2.05) is 13.8 Å². The quantitative estimate of drug-likeness (QED) is 0.514. The highest BCUT2D eigenvalue weighted by atomic mass is 32.2. The van der Waals surface area contributed by atoms with Crippen LogP contribution in [-0.2, 0) is 19.9 Å². The average molecular weight is 494 g/mol. The van der Waals surface area contributed by atoms with Crippen LogP contribution < -0.4 is 15.4 Å². The number of sulfone groups is 1. The molecule has 2 atom stereocenters. The van der Waals surface area contributed by atoms with Gasteiger partial charge in [0.1, 0.15) is 0 Å². The fourth-order valence-electron chi connectivity index (χ4n) is 3.37. The maximum Gasteiger partial charge on any atom is 0.255 e. The van der Waals surface area contributed by atoms with E-state index >= 15 is 0 Å². The number of hydrogen-bond acceptors (Lipinski definition) is 6. The van der Waals surface area contributed by atoms with E-state index in [2.05, 4.69) is 15.4 Å². The van der Waals surface area contributed by atoms with E-state index in [4.69, 9.17) is 0 Å². The molecule has 0 saturated carbocycles. The molecule has 178 valence electrons. The molecule has 2 aromatic carbocycles. The third-order valence-electron chi connectivity index (χ3n) is 5.37. The number of sulfonamides is 1. The minimum absolute atomic E-state index is 0.0366. The lowest BCUT2D eigenvalue weighted by atomic mass is 10.1. The fraction of sp³-hybridized carbons (Fsp3) is 0.364. The van der Waals surface area contributed by atoms with E-state index in [0.717, 1.165) is 6.42 Å². The van der Waals surface area contributed by atoms with Crippen LogP contribution in [0.15, 0.2) is 53.4 Å². The van der Waals surface area contributed by atoms with Crippen LogP contribution in [0.5, 0.6) is 0 Å². The summed E-state index contributed by atoms with van der Waals surface area (Å²) in [5.41, 5.74) is 0.666. The van der Waals surface area contributed by atoms with Crippen molar-refractivity contribution in [3.8, 4) is 0 Å². The minimum atomic E-state index is -4.02. The van der Waals surface area contributed by atoms with E-state index in [9.17, 15) is 26.4 Å². The first kappa shape index (κ1) is 24.9. The second kappa shape index (κ2) is 10.0. The van der Waals surface area contributed by atoms with Crippen LogP contribution in [0.4, 0.5) is 5.69 Å². The van der Waals surface area contributed by atoms with Gasteiger partial charge in [-0.15, -0.1) is 0 Å². The first-order valence-electron chi connectivity index (χ1n) is 10.5. The summed E-state index contributed by atoms with van der Waals surface area (Å²) in [6, 6.07) is 11.2. The molecule has 1 aliphatic heterocycles. The van der Waals surface area contributed by atoms with E-state index < -0.39 is 31.8 Å². The summed E-state index contributed by atoms with van der Waals surface area (Å²) in [6.45, 7) is 3.82. The van der Waals surface area contributed by atoms with Gasteiger partial charge >= 0.3 is 0 Å². The second-order valence-electron chi connectivity index (χ2n) is 8.03. The van der Waals surface area contributed by atoms with Crippen molar-refractivity contribution < 1.29 is 26.4 Å². The predicted octanol–water partition coefficient (Wildman–Crippen LogP) is 1.93. The lowest BCUT2D eigenvalue weighted by molar-refractivity contribution is 0.0940. The maximum atomic E-state index is 12.8. The summed E-state index contributed by atoms with van der Waals surface area (Å²) in [6.07, 6.45) is 0.958. The first-order chi connectivity index (χ1) is 15.5. The molecule has 2 amide bonds. The second-order valence-corrected chi connectivity index (χ2v) is 12.0. The smallest absolute Gasteiger partial charge is 0.255 e.